The number of hydrogen-bond donors (Lipinski definition) is 1. The summed E-state index contributed by atoms with van der Waals surface area (Å²) in [5, 5.41) is -0.202. The smallest absolute Gasteiger partial charge is 0.292 e. The van der Waals surface area contributed by atoms with Crippen molar-refractivity contribution in [3.05, 3.63) is 67.7 Å². The summed E-state index contributed by atoms with van der Waals surface area (Å²) in [5.41, 5.74) is -1.34. The number of aromatic amines is 1. The molecular weight excluding hydrogens is 275 g/mol. The van der Waals surface area contributed by atoms with Crippen molar-refractivity contribution < 1.29 is 9.18 Å². The second kappa shape index (κ2) is 5.19. The van der Waals surface area contributed by atoms with Crippen LogP contribution in [0.4, 0.5) is 4.39 Å². The van der Waals surface area contributed by atoms with E-state index in [1.807, 2.05) is 4.98 Å². The Morgan fingerprint density at radius 3 is 2.79 bits per heavy atom. The van der Waals surface area contributed by atoms with Crippen molar-refractivity contribution in [1.29, 1.82) is 0 Å². The van der Waals surface area contributed by atoms with E-state index in [0.29, 0.717) is 0 Å². The van der Waals surface area contributed by atoms with Crippen molar-refractivity contribution in [2.45, 2.75) is 6.54 Å². The maximum atomic E-state index is 13.0. The predicted octanol–water partition coefficient (Wildman–Crippen LogP) is 1.21. The van der Waals surface area contributed by atoms with Crippen molar-refractivity contribution in [2.24, 2.45) is 0 Å². The van der Waals surface area contributed by atoms with Gasteiger partial charge in [0.25, 0.3) is 5.56 Å². The summed E-state index contributed by atoms with van der Waals surface area (Å²) in [6.45, 7) is -0.335. The third kappa shape index (κ3) is 2.97. The fraction of sp³-hybridized carbons (Fsp3) is 0.0833. The fourth-order valence-corrected chi connectivity index (χ4v) is 1.67. The van der Waals surface area contributed by atoms with Crippen LogP contribution in [-0.2, 0) is 6.54 Å². The molecule has 1 aromatic heterocycles. The number of aromatic nitrogens is 2. The molecule has 0 unspecified atom stereocenters. The molecule has 0 aliphatic carbocycles. The van der Waals surface area contributed by atoms with E-state index in [2.05, 4.69) is 0 Å². The fourth-order valence-electron chi connectivity index (χ4n) is 1.51. The van der Waals surface area contributed by atoms with E-state index in [4.69, 9.17) is 11.6 Å². The van der Waals surface area contributed by atoms with Gasteiger partial charge in [-0.25, -0.2) is 9.18 Å². The molecule has 0 spiro atoms. The molecule has 0 bridgehead atoms. The average molecular weight is 283 g/mol. The van der Waals surface area contributed by atoms with E-state index in [1.54, 1.807) is 0 Å². The molecule has 0 aliphatic heterocycles. The zero-order valence-electron chi connectivity index (χ0n) is 9.52. The lowest BCUT2D eigenvalue weighted by Crippen LogP contribution is -2.31. The Balaban J connectivity index is 2.32. The van der Waals surface area contributed by atoms with E-state index in [-0.39, 0.29) is 17.1 Å². The molecule has 2 aromatic rings. The van der Waals surface area contributed by atoms with E-state index in [9.17, 15) is 18.8 Å². The number of benzene rings is 1. The maximum Gasteiger partial charge on any atom is 0.328 e. The zero-order chi connectivity index (χ0) is 14.0. The Bertz CT molecular complexity index is 751. The monoisotopic (exact) mass is 282 g/mol. The van der Waals surface area contributed by atoms with Crippen LogP contribution in [0.25, 0.3) is 0 Å². The number of hydrogen-bond acceptors (Lipinski definition) is 3. The lowest BCUT2D eigenvalue weighted by Gasteiger charge is -2.04. The molecule has 1 N–H and O–H groups in total. The quantitative estimate of drug-likeness (QED) is 0.860. The highest BCUT2D eigenvalue weighted by Crippen LogP contribution is 2.06. The van der Waals surface area contributed by atoms with E-state index >= 15 is 0 Å². The van der Waals surface area contributed by atoms with Gasteiger partial charge >= 0.3 is 5.69 Å². The van der Waals surface area contributed by atoms with Crippen molar-refractivity contribution in [2.75, 3.05) is 0 Å². The van der Waals surface area contributed by atoms with Gasteiger partial charge in [0.15, 0.2) is 5.78 Å². The molecule has 19 heavy (non-hydrogen) atoms. The molecular formula is C12H8ClFN2O3. The predicted molar refractivity (Wildman–Crippen MR) is 67.1 cm³/mol. The lowest BCUT2D eigenvalue weighted by molar-refractivity contribution is 0.0970. The van der Waals surface area contributed by atoms with E-state index in [1.165, 1.54) is 18.2 Å². The van der Waals surface area contributed by atoms with Crippen LogP contribution in [0.3, 0.4) is 0 Å². The summed E-state index contributed by atoms with van der Waals surface area (Å²) in [6.07, 6.45) is 1.07. The second-order valence-corrected chi connectivity index (χ2v) is 4.20. The van der Waals surface area contributed by atoms with Gasteiger partial charge in [-0.1, -0.05) is 23.7 Å². The number of nitrogens with zero attached hydrogens (tertiary/aromatic N) is 1. The third-order valence-corrected chi connectivity index (χ3v) is 2.70. The van der Waals surface area contributed by atoms with E-state index < -0.39 is 22.8 Å². The molecule has 0 radical (unpaired) electrons. The highest BCUT2D eigenvalue weighted by molar-refractivity contribution is 6.30. The molecule has 0 amide bonds. The largest absolute Gasteiger partial charge is 0.328 e. The lowest BCUT2D eigenvalue weighted by atomic mass is 10.1. The molecule has 2 rings (SSSR count). The summed E-state index contributed by atoms with van der Waals surface area (Å²) < 4.78 is 13.9. The Morgan fingerprint density at radius 2 is 2.11 bits per heavy atom. The topological polar surface area (TPSA) is 71.9 Å². The van der Waals surface area contributed by atoms with Gasteiger partial charge in [-0.2, -0.15) is 0 Å². The molecule has 0 aliphatic rings. The standard InChI is InChI=1S/C12H8ClFN2O3/c13-9-5-16(12(19)15-11(9)18)6-10(17)7-2-1-3-8(14)4-7/h1-5H,6H2,(H,15,18,19). The molecule has 1 aromatic carbocycles. The SMILES string of the molecule is O=C(Cn1cc(Cl)c(=O)[nH]c1=O)c1cccc(F)c1. The minimum atomic E-state index is -0.751. The van der Waals surface area contributed by atoms with Gasteiger partial charge in [0.05, 0.1) is 6.54 Å². The second-order valence-electron chi connectivity index (χ2n) is 3.80. The van der Waals surface area contributed by atoms with Crippen molar-refractivity contribution in [3.63, 3.8) is 0 Å². The van der Waals surface area contributed by atoms with Gasteiger partial charge < -0.3 is 0 Å². The first-order valence-corrected chi connectivity index (χ1v) is 5.63. The van der Waals surface area contributed by atoms with Gasteiger partial charge in [0, 0.05) is 11.8 Å². The number of carbonyl (C=O) groups excluding carboxylic acids is 1. The molecule has 0 saturated heterocycles. The average Bonchev–Trinajstić information content (AvgIpc) is 2.36. The summed E-state index contributed by atoms with van der Waals surface area (Å²) >= 11 is 5.57. The number of H-pyrrole nitrogens is 1. The summed E-state index contributed by atoms with van der Waals surface area (Å²) in [4.78, 5) is 36.3. The van der Waals surface area contributed by atoms with Crippen molar-refractivity contribution in [3.8, 4) is 0 Å². The minimum Gasteiger partial charge on any atom is -0.292 e. The van der Waals surface area contributed by atoms with Gasteiger partial charge in [0.2, 0.25) is 0 Å². The van der Waals surface area contributed by atoms with Crippen LogP contribution in [0.1, 0.15) is 10.4 Å². The maximum absolute atomic E-state index is 13.0. The molecule has 0 fully saturated rings. The number of ketones is 1. The first-order valence-electron chi connectivity index (χ1n) is 5.25. The zero-order valence-corrected chi connectivity index (χ0v) is 10.3. The van der Waals surface area contributed by atoms with Crippen molar-refractivity contribution >= 4 is 17.4 Å². The Morgan fingerprint density at radius 1 is 1.37 bits per heavy atom. The minimum absolute atomic E-state index is 0.134. The molecule has 1 heterocycles. The van der Waals surface area contributed by atoms with E-state index in [0.717, 1.165) is 16.8 Å². The Hall–Kier alpha value is -2.21. The van der Waals surface area contributed by atoms with Crippen LogP contribution in [0, 0.1) is 5.82 Å². The van der Waals surface area contributed by atoms with Gasteiger partial charge in [-0.15, -0.1) is 0 Å². The summed E-state index contributed by atoms with van der Waals surface area (Å²) in [6, 6.07) is 5.11. The number of nitrogens with one attached hydrogen (secondary N) is 1. The van der Waals surface area contributed by atoms with Gasteiger partial charge in [-0.05, 0) is 12.1 Å². The van der Waals surface area contributed by atoms with Gasteiger partial charge in [0.1, 0.15) is 10.8 Å². The first-order chi connectivity index (χ1) is 8.97. The Kier molecular flexibility index (Phi) is 3.62. The van der Waals surface area contributed by atoms with Crippen LogP contribution in [0.5, 0.6) is 0 Å². The van der Waals surface area contributed by atoms with Crippen molar-refractivity contribution in [1.82, 2.24) is 9.55 Å². The normalized spacial score (nSPS) is 10.4. The molecule has 0 saturated carbocycles. The molecule has 98 valence electrons. The molecule has 7 heteroatoms. The number of rotatable bonds is 3. The first kappa shape index (κ1) is 13.2. The van der Waals surface area contributed by atoms with Crippen LogP contribution in [0.15, 0.2) is 40.1 Å². The highest BCUT2D eigenvalue weighted by atomic mass is 35.5. The summed E-state index contributed by atoms with van der Waals surface area (Å²) in [5.74, 6) is -1.01. The Labute approximate surface area is 111 Å². The number of Topliss-reactive ketones (excluding diaryl/α,β-unsaturated/α-hetero) is 1. The number of carbonyl (C=O) groups is 1. The summed E-state index contributed by atoms with van der Waals surface area (Å²) in [7, 11) is 0. The van der Waals surface area contributed by atoms with Gasteiger partial charge in [-0.3, -0.25) is 19.1 Å². The number of halogens is 2. The van der Waals surface area contributed by atoms with Crippen LogP contribution in [-0.4, -0.2) is 15.3 Å². The van der Waals surface area contributed by atoms with Crippen LogP contribution < -0.4 is 11.2 Å². The van der Waals surface area contributed by atoms with Crippen LogP contribution in [0.2, 0.25) is 5.02 Å². The third-order valence-electron chi connectivity index (χ3n) is 2.43. The van der Waals surface area contributed by atoms with Crippen LogP contribution >= 0.6 is 11.6 Å². The molecule has 5 nitrogen and oxygen atoms in total. The highest BCUT2D eigenvalue weighted by Gasteiger charge is 2.10. The molecule has 0 atom stereocenters.